The predicted octanol–water partition coefficient (Wildman–Crippen LogP) is -0.204. The van der Waals surface area contributed by atoms with Crippen LogP contribution < -0.4 is 4.72 Å². The third-order valence-corrected chi connectivity index (χ3v) is 4.64. The van der Waals surface area contributed by atoms with E-state index in [4.69, 9.17) is 9.84 Å². The first-order valence-electron chi connectivity index (χ1n) is 5.90. The molecule has 1 rings (SSSR count). The monoisotopic (exact) mass is 280 g/mol. The first kappa shape index (κ1) is 15.4. The van der Waals surface area contributed by atoms with Crippen molar-refractivity contribution in [2.45, 2.75) is 31.7 Å². The van der Waals surface area contributed by atoms with Crippen LogP contribution in [-0.2, 0) is 19.7 Å². The standard InChI is InChI=1S/C10H20N2O5S/c1-3-4-6-12(2)18(15,16)11-10(9(13)14)5-7-17-8-10/h11H,3-8H2,1-2H3,(H,13,14). The summed E-state index contributed by atoms with van der Waals surface area (Å²) in [6.07, 6.45) is 1.74. The quantitative estimate of drug-likeness (QED) is 0.673. The van der Waals surface area contributed by atoms with Gasteiger partial charge < -0.3 is 9.84 Å². The summed E-state index contributed by atoms with van der Waals surface area (Å²) in [6.45, 7) is 2.43. The maximum atomic E-state index is 12.0. The van der Waals surface area contributed by atoms with Crippen LogP contribution >= 0.6 is 0 Å². The number of hydrogen-bond acceptors (Lipinski definition) is 4. The van der Waals surface area contributed by atoms with Crippen molar-refractivity contribution in [1.82, 2.24) is 9.03 Å². The van der Waals surface area contributed by atoms with Crippen molar-refractivity contribution in [2.75, 3.05) is 26.8 Å². The van der Waals surface area contributed by atoms with Crippen LogP contribution in [0.2, 0.25) is 0 Å². The molecule has 0 aromatic carbocycles. The average molecular weight is 280 g/mol. The molecule has 1 atom stereocenters. The largest absolute Gasteiger partial charge is 0.480 e. The van der Waals surface area contributed by atoms with E-state index in [0.29, 0.717) is 6.54 Å². The van der Waals surface area contributed by atoms with Gasteiger partial charge in [0.05, 0.1) is 6.61 Å². The number of carbonyl (C=O) groups is 1. The second kappa shape index (κ2) is 5.96. The second-order valence-electron chi connectivity index (χ2n) is 4.47. The lowest BCUT2D eigenvalue weighted by atomic mass is 10.0. The molecule has 0 spiro atoms. The molecule has 1 aliphatic heterocycles. The minimum atomic E-state index is -3.80. The number of nitrogens with one attached hydrogen (secondary N) is 1. The summed E-state index contributed by atoms with van der Waals surface area (Å²) >= 11 is 0. The molecule has 1 fully saturated rings. The van der Waals surface area contributed by atoms with Crippen molar-refractivity contribution in [2.24, 2.45) is 0 Å². The smallest absolute Gasteiger partial charge is 0.327 e. The molecule has 1 unspecified atom stereocenters. The highest BCUT2D eigenvalue weighted by atomic mass is 32.2. The van der Waals surface area contributed by atoms with Crippen LogP contribution in [0.3, 0.4) is 0 Å². The van der Waals surface area contributed by atoms with Crippen LogP contribution in [-0.4, -0.2) is 56.1 Å². The fourth-order valence-corrected chi connectivity index (χ4v) is 2.95. The fraction of sp³-hybridized carbons (Fsp3) is 0.900. The van der Waals surface area contributed by atoms with Gasteiger partial charge in [-0.3, -0.25) is 4.79 Å². The molecule has 0 saturated carbocycles. The van der Waals surface area contributed by atoms with Crippen LogP contribution in [0.5, 0.6) is 0 Å². The van der Waals surface area contributed by atoms with E-state index in [2.05, 4.69) is 4.72 Å². The maximum Gasteiger partial charge on any atom is 0.327 e. The summed E-state index contributed by atoms with van der Waals surface area (Å²) in [5, 5.41) is 9.16. The van der Waals surface area contributed by atoms with Crippen LogP contribution in [0.25, 0.3) is 0 Å². The van der Waals surface area contributed by atoms with Crippen molar-refractivity contribution in [3.05, 3.63) is 0 Å². The molecular weight excluding hydrogens is 260 g/mol. The zero-order chi connectivity index (χ0) is 13.8. The van der Waals surface area contributed by atoms with E-state index in [-0.39, 0.29) is 19.6 Å². The Kier molecular flexibility index (Phi) is 5.09. The minimum absolute atomic E-state index is 0.136. The molecule has 106 valence electrons. The topological polar surface area (TPSA) is 95.9 Å². The lowest BCUT2D eigenvalue weighted by molar-refractivity contribution is -0.144. The SMILES string of the molecule is CCCCN(C)S(=O)(=O)NC1(C(=O)O)CCOC1. The number of rotatable bonds is 7. The number of hydrogen-bond donors (Lipinski definition) is 2. The van der Waals surface area contributed by atoms with Gasteiger partial charge in [0.2, 0.25) is 0 Å². The molecule has 1 saturated heterocycles. The molecule has 0 aromatic rings. The molecular formula is C10H20N2O5S. The zero-order valence-electron chi connectivity index (χ0n) is 10.7. The van der Waals surface area contributed by atoms with Gasteiger partial charge in [-0.1, -0.05) is 13.3 Å². The zero-order valence-corrected chi connectivity index (χ0v) is 11.5. The number of unbranched alkanes of at least 4 members (excludes halogenated alkanes) is 1. The summed E-state index contributed by atoms with van der Waals surface area (Å²) in [4.78, 5) is 11.2. The Morgan fingerprint density at radius 1 is 1.56 bits per heavy atom. The molecule has 2 N–H and O–H groups in total. The van der Waals surface area contributed by atoms with Crippen molar-refractivity contribution in [3.63, 3.8) is 0 Å². The highest BCUT2D eigenvalue weighted by molar-refractivity contribution is 7.87. The van der Waals surface area contributed by atoms with Gasteiger partial charge in [0, 0.05) is 26.6 Å². The molecule has 1 heterocycles. The van der Waals surface area contributed by atoms with Crippen LogP contribution in [0.15, 0.2) is 0 Å². The molecule has 0 aliphatic carbocycles. The molecule has 0 bridgehead atoms. The van der Waals surface area contributed by atoms with Gasteiger partial charge in [-0.05, 0) is 6.42 Å². The maximum absolute atomic E-state index is 12.0. The molecule has 18 heavy (non-hydrogen) atoms. The van der Waals surface area contributed by atoms with Gasteiger partial charge in [-0.15, -0.1) is 0 Å². The summed E-state index contributed by atoms with van der Waals surface area (Å²) in [7, 11) is -2.36. The van der Waals surface area contributed by atoms with Crippen LogP contribution in [0.1, 0.15) is 26.2 Å². The van der Waals surface area contributed by atoms with Crippen molar-refractivity contribution in [3.8, 4) is 0 Å². The van der Waals surface area contributed by atoms with Crippen molar-refractivity contribution < 1.29 is 23.1 Å². The van der Waals surface area contributed by atoms with Gasteiger partial charge in [0.15, 0.2) is 5.54 Å². The van der Waals surface area contributed by atoms with E-state index in [1.807, 2.05) is 6.92 Å². The normalized spacial score (nSPS) is 24.6. The second-order valence-corrected chi connectivity index (χ2v) is 6.25. The Labute approximate surface area is 107 Å². The van der Waals surface area contributed by atoms with E-state index in [9.17, 15) is 13.2 Å². The summed E-state index contributed by atoms with van der Waals surface area (Å²) < 4.78 is 32.4. The van der Waals surface area contributed by atoms with E-state index in [0.717, 1.165) is 17.1 Å². The third-order valence-electron chi connectivity index (χ3n) is 2.99. The number of nitrogens with zero attached hydrogens (tertiary/aromatic N) is 1. The highest BCUT2D eigenvalue weighted by Gasteiger charge is 2.46. The molecule has 1 aliphatic rings. The van der Waals surface area contributed by atoms with Crippen LogP contribution in [0.4, 0.5) is 0 Å². The summed E-state index contributed by atoms with van der Waals surface area (Å²) in [5.74, 6) is -1.20. The number of aliphatic carboxylic acids is 1. The molecule has 8 heteroatoms. The first-order valence-corrected chi connectivity index (χ1v) is 7.34. The molecule has 0 radical (unpaired) electrons. The minimum Gasteiger partial charge on any atom is -0.480 e. The fourth-order valence-electron chi connectivity index (χ4n) is 1.68. The Morgan fingerprint density at radius 3 is 2.67 bits per heavy atom. The third kappa shape index (κ3) is 3.41. The molecule has 7 nitrogen and oxygen atoms in total. The number of carboxylic acid groups (broad SMARTS) is 1. The summed E-state index contributed by atoms with van der Waals surface area (Å²) in [5.41, 5.74) is -1.53. The highest BCUT2D eigenvalue weighted by Crippen LogP contribution is 2.20. The van der Waals surface area contributed by atoms with E-state index in [1.54, 1.807) is 0 Å². The van der Waals surface area contributed by atoms with E-state index >= 15 is 0 Å². The molecule has 0 aromatic heterocycles. The first-order chi connectivity index (χ1) is 8.34. The van der Waals surface area contributed by atoms with Crippen molar-refractivity contribution in [1.29, 1.82) is 0 Å². The Morgan fingerprint density at radius 2 is 2.22 bits per heavy atom. The Bertz CT molecular complexity index is 389. The average Bonchev–Trinajstić information content (AvgIpc) is 2.74. The Balaban J connectivity index is 2.77. The van der Waals surface area contributed by atoms with Gasteiger partial charge in [0.1, 0.15) is 0 Å². The van der Waals surface area contributed by atoms with Gasteiger partial charge >= 0.3 is 5.97 Å². The lowest BCUT2D eigenvalue weighted by Crippen LogP contribution is -2.58. The lowest BCUT2D eigenvalue weighted by Gasteiger charge is -2.26. The van der Waals surface area contributed by atoms with Gasteiger partial charge in [0.25, 0.3) is 10.2 Å². The molecule has 0 amide bonds. The predicted molar refractivity (Wildman–Crippen MR) is 65.4 cm³/mol. The van der Waals surface area contributed by atoms with Crippen molar-refractivity contribution >= 4 is 16.2 Å². The number of carboxylic acids is 1. The van der Waals surface area contributed by atoms with Crippen LogP contribution in [0, 0.1) is 0 Å². The summed E-state index contributed by atoms with van der Waals surface area (Å²) in [6, 6.07) is 0. The van der Waals surface area contributed by atoms with Gasteiger partial charge in [-0.2, -0.15) is 17.4 Å². The van der Waals surface area contributed by atoms with E-state index < -0.39 is 21.7 Å². The Hall–Kier alpha value is -0.700. The van der Waals surface area contributed by atoms with E-state index in [1.165, 1.54) is 7.05 Å². The number of ether oxygens (including phenoxy) is 1. The van der Waals surface area contributed by atoms with Gasteiger partial charge in [-0.25, -0.2) is 0 Å².